The van der Waals surface area contributed by atoms with E-state index in [9.17, 15) is 9.59 Å². The molecule has 9 nitrogen and oxygen atoms in total. The fourth-order valence-corrected chi connectivity index (χ4v) is 4.88. The van der Waals surface area contributed by atoms with E-state index in [0.29, 0.717) is 37.2 Å². The highest BCUT2D eigenvalue weighted by Crippen LogP contribution is 2.33. The van der Waals surface area contributed by atoms with Gasteiger partial charge < -0.3 is 29.9 Å². The number of carbonyl (C=O) groups is 2. The molecule has 0 aliphatic carbocycles. The zero-order valence-electron chi connectivity index (χ0n) is 20.7. The molecule has 2 N–H and O–H groups in total. The molecule has 36 heavy (non-hydrogen) atoms. The van der Waals surface area contributed by atoms with E-state index in [2.05, 4.69) is 9.88 Å². The van der Waals surface area contributed by atoms with Gasteiger partial charge in [-0.25, -0.2) is 9.78 Å². The number of aromatic nitrogens is 1. The lowest BCUT2D eigenvalue weighted by Crippen LogP contribution is -2.33. The van der Waals surface area contributed by atoms with Gasteiger partial charge in [0.15, 0.2) is 0 Å². The van der Waals surface area contributed by atoms with Crippen LogP contribution in [0.25, 0.3) is 0 Å². The van der Waals surface area contributed by atoms with Crippen molar-refractivity contribution in [3.05, 3.63) is 64.5 Å². The Morgan fingerprint density at radius 1 is 1.22 bits per heavy atom. The molecule has 1 atom stereocenters. The zero-order chi connectivity index (χ0) is 25.7. The summed E-state index contributed by atoms with van der Waals surface area (Å²) in [5.41, 5.74) is 7.26. The lowest BCUT2D eigenvalue weighted by molar-refractivity contribution is 0.0989. The summed E-state index contributed by atoms with van der Waals surface area (Å²) in [7, 11) is 5.85. The third kappa shape index (κ3) is 5.88. The van der Waals surface area contributed by atoms with Gasteiger partial charge in [-0.15, -0.1) is 11.3 Å². The number of fused-ring (bicyclic) bond motifs is 1. The van der Waals surface area contributed by atoms with Gasteiger partial charge in [0.05, 0.1) is 17.9 Å². The van der Waals surface area contributed by atoms with Gasteiger partial charge in [-0.2, -0.15) is 0 Å². The predicted molar refractivity (Wildman–Crippen MR) is 142 cm³/mol. The van der Waals surface area contributed by atoms with Crippen LogP contribution >= 0.6 is 11.3 Å². The first-order valence-corrected chi connectivity index (χ1v) is 12.6. The first kappa shape index (κ1) is 25.3. The molecular formula is C26H31N5O4S. The molecule has 2 amide bonds. The molecule has 1 aliphatic rings. The zero-order valence-corrected chi connectivity index (χ0v) is 21.5. The highest BCUT2D eigenvalue weighted by molar-refractivity contribution is 7.10. The van der Waals surface area contributed by atoms with Gasteiger partial charge in [-0.3, -0.25) is 4.79 Å². The highest BCUT2D eigenvalue weighted by atomic mass is 32.1. The van der Waals surface area contributed by atoms with Crippen molar-refractivity contribution < 1.29 is 19.1 Å². The smallest absolute Gasteiger partial charge is 0.404 e. The molecule has 3 heterocycles. The molecule has 0 spiro atoms. The number of nitrogens with zero attached hydrogens (tertiary/aromatic N) is 4. The fraction of sp³-hybridized carbons (Fsp3) is 0.346. The molecule has 0 saturated heterocycles. The topological polar surface area (TPSA) is 101 Å². The first-order chi connectivity index (χ1) is 17.3. The molecule has 3 aromatic rings. The molecule has 4 rings (SSSR count). The number of ether oxygens (including phenoxy) is 2. The van der Waals surface area contributed by atoms with Crippen LogP contribution in [-0.2, 0) is 4.74 Å². The summed E-state index contributed by atoms with van der Waals surface area (Å²) >= 11 is 1.61. The van der Waals surface area contributed by atoms with E-state index in [4.69, 9.17) is 15.2 Å². The van der Waals surface area contributed by atoms with E-state index >= 15 is 0 Å². The van der Waals surface area contributed by atoms with E-state index in [-0.39, 0.29) is 18.6 Å². The quantitative estimate of drug-likeness (QED) is 0.429. The molecule has 0 fully saturated rings. The monoisotopic (exact) mass is 509 g/mol. The molecule has 0 radical (unpaired) electrons. The minimum atomic E-state index is -0.779. The van der Waals surface area contributed by atoms with Crippen molar-refractivity contribution >= 4 is 40.5 Å². The van der Waals surface area contributed by atoms with Gasteiger partial charge in [0.25, 0.3) is 5.91 Å². The average molecular weight is 510 g/mol. The third-order valence-electron chi connectivity index (χ3n) is 5.99. The van der Waals surface area contributed by atoms with Gasteiger partial charge in [-0.1, -0.05) is 12.1 Å². The summed E-state index contributed by atoms with van der Waals surface area (Å²) in [6, 6.07) is 13.5. The van der Waals surface area contributed by atoms with Crippen molar-refractivity contribution in [3.8, 4) is 5.75 Å². The molecule has 2 aromatic heterocycles. The number of hydrogen-bond donors (Lipinski definition) is 1. The van der Waals surface area contributed by atoms with Crippen LogP contribution in [0.3, 0.4) is 0 Å². The van der Waals surface area contributed by atoms with Crippen molar-refractivity contribution in [2.75, 3.05) is 55.5 Å². The first-order valence-electron chi connectivity index (χ1n) is 11.8. The number of primary amides is 1. The average Bonchev–Trinajstić information content (AvgIpc) is 3.36. The van der Waals surface area contributed by atoms with Gasteiger partial charge in [0.1, 0.15) is 17.7 Å². The largest absolute Gasteiger partial charge is 0.485 e. The normalized spacial score (nSPS) is 14.1. The van der Waals surface area contributed by atoms with E-state index in [1.54, 1.807) is 22.4 Å². The number of benzene rings is 1. The number of anilines is 3. The second-order valence-electron chi connectivity index (χ2n) is 8.76. The molecule has 190 valence electrons. The number of likely N-dealkylation sites (N-methyl/N-ethyl adjacent to an activating group) is 1. The van der Waals surface area contributed by atoms with E-state index < -0.39 is 6.09 Å². The van der Waals surface area contributed by atoms with Crippen molar-refractivity contribution in [1.29, 1.82) is 0 Å². The molecule has 0 bridgehead atoms. The minimum Gasteiger partial charge on any atom is -0.485 e. The Kier molecular flexibility index (Phi) is 7.94. The third-order valence-corrected chi connectivity index (χ3v) is 6.96. The Balaban J connectivity index is 1.55. The van der Waals surface area contributed by atoms with Gasteiger partial charge in [0, 0.05) is 63.1 Å². The van der Waals surface area contributed by atoms with Crippen molar-refractivity contribution in [3.63, 3.8) is 0 Å². The summed E-state index contributed by atoms with van der Waals surface area (Å²) in [4.78, 5) is 35.8. The van der Waals surface area contributed by atoms with E-state index in [1.807, 2.05) is 73.9 Å². The van der Waals surface area contributed by atoms with Crippen LogP contribution in [0.1, 0.15) is 34.2 Å². The molecule has 10 heteroatoms. The second kappa shape index (κ2) is 11.3. The lowest BCUT2D eigenvalue weighted by Gasteiger charge is -2.23. The molecule has 1 aromatic carbocycles. The van der Waals surface area contributed by atoms with Gasteiger partial charge in [-0.05, 0) is 36.4 Å². The number of hydrogen-bond acceptors (Lipinski definition) is 8. The maximum atomic E-state index is 13.6. The van der Waals surface area contributed by atoms with Gasteiger partial charge >= 0.3 is 6.09 Å². The highest BCUT2D eigenvalue weighted by Gasteiger charge is 2.27. The van der Waals surface area contributed by atoms with Crippen LogP contribution in [-0.4, -0.2) is 57.8 Å². The SMILES string of the molecule is CN(C)c1cc2c(cn1)C(=O)N(c1cccc(OC(CCCOC(N)=O)c3cccs3)c1)CCN2C. The van der Waals surface area contributed by atoms with Crippen LogP contribution in [0.15, 0.2) is 54.0 Å². The second-order valence-corrected chi connectivity index (χ2v) is 9.74. The van der Waals surface area contributed by atoms with Crippen LogP contribution in [0, 0.1) is 0 Å². The van der Waals surface area contributed by atoms with E-state index in [1.165, 1.54) is 0 Å². The van der Waals surface area contributed by atoms with Crippen molar-refractivity contribution in [2.24, 2.45) is 5.73 Å². The van der Waals surface area contributed by atoms with Crippen molar-refractivity contribution in [1.82, 2.24) is 4.98 Å². The minimum absolute atomic E-state index is 0.0947. The summed E-state index contributed by atoms with van der Waals surface area (Å²) in [6.45, 7) is 1.45. The standard InChI is InChI=1S/C26H31N5O4S/c1-29(2)24-16-21-20(17-28-24)25(32)31(12-11-30(21)3)18-7-4-8-19(15-18)35-22(23-10-6-14-36-23)9-5-13-34-26(27)33/h4,6-8,10,14-17,22H,5,9,11-13H2,1-3H3,(H2,27,33). The Hall–Kier alpha value is -3.79. The predicted octanol–water partition coefficient (Wildman–Crippen LogP) is 4.30. The van der Waals surface area contributed by atoms with Crippen LogP contribution < -0.4 is 25.2 Å². The van der Waals surface area contributed by atoms with Gasteiger partial charge in [0.2, 0.25) is 0 Å². The Morgan fingerprint density at radius 3 is 2.78 bits per heavy atom. The lowest BCUT2D eigenvalue weighted by atomic mass is 10.1. The molecular weight excluding hydrogens is 478 g/mol. The number of rotatable bonds is 9. The van der Waals surface area contributed by atoms with Crippen LogP contribution in [0.4, 0.5) is 22.0 Å². The summed E-state index contributed by atoms with van der Waals surface area (Å²) in [5.74, 6) is 1.37. The maximum Gasteiger partial charge on any atom is 0.404 e. The molecule has 1 aliphatic heterocycles. The number of amides is 2. The van der Waals surface area contributed by atoms with Crippen LogP contribution in [0.2, 0.25) is 0 Å². The molecule has 1 unspecified atom stereocenters. The van der Waals surface area contributed by atoms with Crippen LogP contribution in [0.5, 0.6) is 5.75 Å². The van der Waals surface area contributed by atoms with Crippen molar-refractivity contribution in [2.45, 2.75) is 18.9 Å². The summed E-state index contributed by atoms with van der Waals surface area (Å²) in [6.07, 6.45) is 1.93. The number of nitrogens with two attached hydrogens (primary N) is 1. The van der Waals surface area contributed by atoms with E-state index in [0.717, 1.165) is 22.1 Å². The Labute approximate surface area is 215 Å². The number of pyridine rings is 1. The number of carbonyl (C=O) groups excluding carboxylic acids is 2. The summed E-state index contributed by atoms with van der Waals surface area (Å²) < 4.78 is 11.2. The molecule has 0 saturated carbocycles. The fourth-order valence-electron chi connectivity index (χ4n) is 4.09. The number of thiophene rings is 1. The Bertz CT molecular complexity index is 1200. The Morgan fingerprint density at radius 2 is 2.06 bits per heavy atom. The maximum absolute atomic E-state index is 13.6. The summed E-state index contributed by atoms with van der Waals surface area (Å²) in [5, 5.41) is 2.00.